The Hall–Kier alpha value is -3.23. The average molecular weight is 385 g/mol. The Labute approximate surface area is 161 Å². The van der Waals surface area contributed by atoms with Gasteiger partial charge in [-0.15, -0.1) is 0 Å². The molecule has 2 aromatic rings. The first-order chi connectivity index (χ1) is 13.3. The van der Waals surface area contributed by atoms with Crippen LogP contribution in [0.4, 0.5) is 5.82 Å². The molecule has 0 aromatic carbocycles. The number of carbonyl (C=O) groups is 2. The third-order valence-electron chi connectivity index (χ3n) is 4.93. The van der Waals surface area contributed by atoms with E-state index in [9.17, 15) is 19.5 Å². The summed E-state index contributed by atoms with van der Waals surface area (Å²) in [5.74, 6) is -2.32. The number of rotatable bonds is 5. The Balaban J connectivity index is 1.93. The number of allylic oxidation sites excluding steroid dienone is 2. The molecule has 0 aliphatic heterocycles. The quantitative estimate of drug-likeness (QED) is 0.672. The summed E-state index contributed by atoms with van der Waals surface area (Å²) in [6, 6.07) is 1.65. The fourth-order valence-corrected chi connectivity index (χ4v) is 3.46. The first-order valence-corrected chi connectivity index (χ1v) is 9.17. The maximum absolute atomic E-state index is 12.8. The minimum Gasteiger partial charge on any atom is -0.481 e. The van der Waals surface area contributed by atoms with Crippen molar-refractivity contribution in [2.24, 2.45) is 11.8 Å². The summed E-state index contributed by atoms with van der Waals surface area (Å²) in [7, 11) is 0. The molecule has 28 heavy (non-hydrogen) atoms. The molecule has 2 heterocycles. The van der Waals surface area contributed by atoms with E-state index in [2.05, 4.69) is 20.4 Å². The van der Waals surface area contributed by atoms with Crippen LogP contribution in [0.15, 0.2) is 23.0 Å². The lowest BCUT2D eigenvalue weighted by Crippen LogP contribution is -2.35. The second-order valence-corrected chi connectivity index (χ2v) is 6.87. The van der Waals surface area contributed by atoms with Gasteiger partial charge in [-0.05, 0) is 33.1 Å². The van der Waals surface area contributed by atoms with Crippen LogP contribution in [0.2, 0.25) is 0 Å². The Bertz CT molecular complexity index is 1000. The molecule has 148 valence electrons. The van der Waals surface area contributed by atoms with E-state index < -0.39 is 23.7 Å². The van der Waals surface area contributed by atoms with Gasteiger partial charge in [0.2, 0.25) is 11.9 Å². The summed E-state index contributed by atoms with van der Waals surface area (Å²) in [4.78, 5) is 43.6. The van der Waals surface area contributed by atoms with Gasteiger partial charge in [0.15, 0.2) is 0 Å². The highest BCUT2D eigenvalue weighted by atomic mass is 16.4. The summed E-state index contributed by atoms with van der Waals surface area (Å²) in [5.41, 5.74) is 1.55. The van der Waals surface area contributed by atoms with E-state index in [1.807, 2.05) is 13.0 Å². The Morgan fingerprint density at radius 1 is 1.29 bits per heavy atom. The van der Waals surface area contributed by atoms with Gasteiger partial charge in [-0.25, -0.2) is 4.98 Å². The normalized spacial score (nSPS) is 18.8. The van der Waals surface area contributed by atoms with Crippen molar-refractivity contribution in [3.63, 3.8) is 0 Å². The molecule has 0 saturated carbocycles. The third-order valence-corrected chi connectivity index (χ3v) is 4.93. The molecule has 0 bridgehead atoms. The van der Waals surface area contributed by atoms with Crippen LogP contribution in [0.5, 0.6) is 0 Å². The molecule has 1 aliphatic carbocycles. The molecular weight excluding hydrogens is 362 g/mol. The summed E-state index contributed by atoms with van der Waals surface area (Å²) in [6.07, 6.45) is 4.83. The van der Waals surface area contributed by atoms with Crippen LogP contribution in [-0.2, 0) is 16.0 Å². The van der Waals surface area contributed by atoms with Gasteiger partial charge in [0.25, 0.3) is 5.56 Å². The molecule has 1 aliphatic rings. The van der Waals surface area contributed by atoms with Gasteiger partial charge < -0.3 is 10.4 Å². The molecule has 3 rings (SSSR count). The van der Waals surface area contributed by atoms with Crippen LogP contribution in [-0.4, -0.2) is 36.7 Å². The highest BCUT2D eigenvalue weighted by molar-refractivity contribution is 5.95. The highest BCUT2D eigenvalue weighted by Crippen LogP contribution is 2.27. The van der Waals surface area contributed by atoms with Crippen LogP contribution >= 0.6 is 0 Å². The lowest BCUT2D eigenvalue weighted by atomic mass is 9.82. The van der Waals surface area contributed by atoms with Crippen LogP contribution in [0.3, 0.4) is 0 Å². The first kappa shape index (κ1) is 19.5. The number of carbonyl (C=O) groups excluding carboxylic acids is 1. The molecule has 9 nitrogen and oxygen atoms in total. The SMILES string of the molecule is CCc1c(C)nc(-n2nc(C)cc2NC(=O)[C@@H]2CC=CC[C@@H]2C(=O)O)[nH]c1=O. The van der Waals surface area contributed by atoms with Crippen molar-refractivity contribution in [3.05, 3.63) is 45.5 Å². The first-order valence-electron chi connectivity index (χ1n) is 9.17. The van der Waals surface area contributed by atoms with Gasteiger partial charge in [-0.1, -0.05) is 19.1 Å². The van der Waals surface area contributed by atoms with E-state index in [1.165, 1.54) is 4.68 Å². The van der Waals surface area contributed by atoms with E-state index >= 15 is 0 Å². The number of H-pyrrole nitrogens is 1. The topological polar surface area (TPSA) is 130 Å². The molecule has 0 fully saturated rings. The fourth-order valence-electron chi connectivity index (χ4n) is 3.46. The standard InChI is InChI=1S/C19H23N5O4/c1-4-12-11(3)20-19(22-16(12)25)24-15(9-10(2)23-24)21-17(26)13-7-5-6-8-14(13)18(27)28/h5-6,9,13-14H,4,7-8H2,1-3H3,(H,21,26)(H,27,28)(H,20,22,25)/t13-,14+/m1/s1. The van der Waals surface area contributed by atoms with E-state index in [4.69, 9.17) is 0 Å². The van der Waals surface area contributed by atoms with Crippen LogP contribution in [0.1, 0.15) is 36.7 Å². The zero-order valence-corrected chi connectivity index (χ0v) is 16.0. The largest absolute Gasteiger partial charge is 0.481 e. The Kier molecular flexibility index (Phi) is 5.43. The third kappa shape index (κ3) is 3.73. The molecule has 1 amide bonds. The van der Waals surface area contributed by atoms with E-state index in [-0.39, 0.29) is 11.5 Å². The number of hydrogen-bond acceptors (Lipinski definition) is 5. The number of anilines is 1. The molecule has 0 saturated heterocycles. The highest BCUT2D eigenvalue weighted by Gasteiger charge is 2.34. The molecule has 0 spiro atoms. The summed E-state index contributed by atoms with van der Waals surface area (Å²) in [6.45, 7) is 5.37. The number of carboxylic acids is 1. The maximum atomic E-state index is 12.8. The second kappa shape index (κ2) is 7.79. The van der Waals surface area contributed by atoms with E-state index in [0.29, 0.717) is 42.0 Å². The molecule has 2 atom stereocenters. The van der Waals surface area contributed by atoms with Gasteiger partial charge in [0, 0.05) is 17.3 Å². The number of hydrogen-bond donors (Lipinski definition) is 3. The van der Waals surface area contributed by atoms with E-state index in [1.54, 1.807) is 26.0 Å². The van der Waals surface area contributed by atoms with Gasteiger partial charge >= 0.3 is 5.97 Å². The van der Waals surface area contributed by atoms with Gasteiger partial charge in [-0.2, -0.15) is 9.78 Å². The van der Waals surface area contributed by atoms with Crippen molar-refractivity contribution in [3.8, 4) is 5.95 Å². The fraction of sp³-hybridized carbons (Fsp3) is 0.421. The zero-order valence-electron chi connectivity index (χ0n) is 16.0. The number of aromatic amines is 1. The van der Waals surface area contributed by atoms with Gasteiger partial charge in [-0.3, -0.25) is 19.4 Å². The summed E-state index contributed by atoms with van der Waals surface area (Å²) >= 11 is 0. The predicted octanol–water partition coefficient (Wildman–Crippen LogP) is 1.74. The lowest BCUT2D eigenvalue weighted by Gasteiger charge is -2.24. The molecule has 0 radical (unpaired) electrons. The van der Waals surface area contributed by atoms with Crippen molar-refractivity contribution in [1.82, 2.24) is 19.7 Å². The Morgan fingerprint density at radius 3 is 2.57 bits per heavy atom. The van der Waals surface area contributed by atoms with Crippen molar-refractivity contribution >= 4 is 17.7 Å². The number of aromatic nitrogens is 4. The monoisotopic (exact) mass is 385 g/mol. The van der Waals surface area contributed by atoms with Crippen molar-refractivity contribution in [1.29, 1.82) is 0 Å². The number of carboxylic acid groups (broad SMARTS) is 1. The maximum Gasteiger partial charge on any atom is 0.307 e. The molecule has 3 N–H and O–H groups in total. The number of amides is 1. The van der Waals surface area contributed by atoms with Crippen molar-refractivity contribution in [2.75, 3.05) is 5.32 Å². The van der Waals surface area contributed by atoms with Crippen LogP contribution in [0, 0.1) is 25.7 Å². The minimum atomic E-state index is -0.994. The zero-order chi connectivity index (χ0) is 20.4. The molecule has 2 aromatic heterocycles. The summed E-state index contributed by atoms with van der Waals surface area (Å²) in [5, 5.41) is 16.5. The second-order valence-electron chi connectivity index (χ2n) is 6.87. The number of aliphatic carboxylic acids is 1. The van der Waals surface area contributed by atoms with E-state index in [0.717, 1.165) is 0 Å². The van der Waals surface area contributed by atoms with Crippen molar-refractivity contribution in [2.45, 2.75) is 40.0 Å². The van der Waals surface area contributed by atoms with Gasteiger partial charge in [0.1, 0.15) is 5.82 Å². The molecular formula is C19H23N5O4. The number of aryl methyl sites for hydroxylation is 2. The van der Waals surface area contributed by atoms with Crippen LogP contribution in [0.25, 0.3) is 5.95 Å². The summed E-state index contributed by atoms with van der Waals surface area (Å²) < 4.78 is 1.36. The molecule has 0 unspecified atom stereocenters. The number of nitrogens with zero attached hydrogens (tertiary/aromatic N) is 3. The Morgan fingerprint density at radius 2 is 1.96 bits per heavy atom. The number of nitrogens with one attached hydrogen (secondary N) is 2. The predicted molar refractivity (Wildman–Crippen MR) is 102 cm³/mol. The minimum absolute atomic E-state index is 0.196. The van der Waals surface area contributed by atoms with Gasteiger partial charge in [0.05, 0.1) is 17.5 Å². The van der Waals surface area contributed by atoms with Crippen LogP contribution < -0.4 is 10.9 Å². The average Bonchev–Trinajstić information content (AvgIpc) is 3.01. The lowest BCUT2D eigenvalue weighted by molar-refractivity contribution is -0.146. The molecule has 9 heteroatoms. The van der Waals surface area contributed by atoms with Crippen molar-refractivity contribution < 1.29 is 14.7 Å². The smallest absolute Gasteiger partial charge is 0.307 e.